The quantitative estimate of drug-likeness (QED) is 0.716. The minimum Gasteiger partial charge on any atom is -0.415 e. The molecule has 0 saturated carbocycles. The van der Waals surface area contributed by atoms with Crippen LogP contribution in [-0.4, -0.2) is 31.9 Å². The molecule has 2 aromatic heterocycles. The summed E-state index contributed by atoms with van der Waals surface area (Å²) in [6, 6.07) is 9.46. The summed E-state index contributed by atoms with van der Waals surface area (Å²) in [5.41, 5.74) is 1.70. The highest BCUT2D eigenvalue weighted by Gasteiger charge is 2.11. The van der Waals surface area contributed by atoms with E-state index >= 15 is 0 Å². The molecule has 6 heteroatoms. The van der Waals surface area contributed by atoms with Gasteiger partial charge in [0.2, 0.25) is 5.89 Å². The van der Waals surface area contributed by atoms with Gasteiger partial charge in [-0.05, 0) is 18.1 Å². The van der Waals surface area contributed by atoms with Crippen LogP contribution in [0.4, 0.5) is 0 Å². The molecule has 1 N–H and O–H groups in total. The third kappa shape index (κ3) is 2.94. The SMILES string of the molecule is OCC#Cc1cncc(-c2nnc(-c3ccccc3)o2)n1. The van der Waals surface area contributed by atoms with Crippen molar-refractivity contribution in [3.63, 3.8) is 0 Å². The summed E-state index contributed by atoms with van der Waals surface area (Å²) in [6.45, 7) is -0.232. The largest absolute Gasteiger partial charge is 0.415 e. The van der Waals surface area contributed by atoms with Crippen molar-refractivity contribution in [1.29, 1.82) is 0 Å². The predicted molar refractivity (Wildman–Crippen MR) is 74.7 cm³/mol. The minimum atomic E-state index is -0.232. The van der Waals surface area contributed by atoms with Crippen molar-refractivity contribution in [2.45, 2.75) is 0 Å². The Bertz CT molecular complexity index is 803. The molecule has 21 heavy (non-hydrogen) atoms. The van der Waals surface area contributed by atoms with Crippen LogP contribution in [0.15, 0.2) is 47.1 Å². The Balaban J connectivity index is 1.93. The Morgan fingerprint density at radius 3 is 2.67 bits per heavy atom. The number of hydrogen-bond donors (Lipinski definition) is 1. The fourth-order valence-electron chi connectivity index (χ4n) is 1.68. The van der Waals surface area contributed by atoms with Crippen LogP contribution in [-0.2, 0) is 0 Å². The van der Waals surface area contributed by atoms with Crippen LogP contribution in [0.2, 0.25) is 0 Å². The Labute approximate surface area is 120 Å². The average Bonchev–Trinajstić information content (AvgIpc) is 3.04. The van der Waals surface area contributed by atoms with Crippen LogP contribution in [0.3, 0.4) is 0 Å². The molecule has 0 atom stereocenters. The number of nitrogens with zero attached hydrogens (tertiary/aromatic N) is 4. The van der Waals surface area contributed by atoms with Crippen LogP contribution in [0.1, 0.15) is 5.69 Å². The zero-order chi connectivity index (χ0) is 14.5. The number of rotatable bonds is 2. The molecule has 0 saturated heterocycles. The van der Waals surface area contributed by atoms with Gasteiger partial charge in [-0.15, -0.1) is 10.2 Å². The van der Waals surface area contributed by atoms with Crippen LogP contribution >= 0.6 is 0 Å². The fourth-order valence-corrected chi connectivity index (χ4v) is 1.68. The zero-order valence-corrected chi connectivity index (χ0v) is 10.9. The van der Waals surface area contributed by atoms with Gasteiger partial charge in [-0.25, -0.2) is 4.98 Å². The molecule has 2 heterocycles. The normalized spacial score (nSPS) is 9.95. The molecule has 3 aromatic rings. The molecule has 0 radical (unpaired) electrons. The lowest BCUT2D eigenvalue weighted by Crippen LogP contribution is -1.90. The maximum absolute atomic E-state index is 8.68. The van der Waals surface area contributed by atoms with E-state index in [1.54, 1.807) is 0 Å². The summed E-state index contributed by atoms with van der Waals surface area (Å²) >= 11 is 0. The standard InChI is InChI=1S/C15H10N4O2/c20-8-4-7-12-9-16-10-13(17-12)15-19-18-14(21-15)11-5-2-1-3-6-11/h1-3,5-6,9-10,20H,8H2. The predicted octanol–water partition coefficient (Wildman–Crippen LogP) is 1.54. The van der Waals surface area contributed by atoms with Crippen molar-refractivity contribution in [2.75, 3.05) is 6.61 Å². The Morgan fingerprint density at radius 2 is 1.86 bits per heavy atom. The first-order valence-corrected chi connectivity index (χ1v) is 6.18. The third-order valence-electron chi connectivity index (χ3n) is 2.59. The zero-order valence-electron chi connectivity index (χ0n) is 10.9. The van der Waals surface area contributed by atoms with Crippen molar-refractivity contribution in [3.8, 4) is 34.9 Å². The number of hydrogen-bond acceptors (Lipinski definition) is 6. The molecule has 0 aliphatic heterocycles. The molecule has 0 bridgehead atoms. The van der Waals surface area contributed by atoms with Gasteiger partial charge in [-0.1, -0.05) is 24.1 Å². The summed E-state index contributed by atoms with van der Waals surface area (Å²) in [5, 5.41) is 16.6. The van der Waals surface area contributed by atoms with Crippen LogP contribution in [0.5, 0.6) is 0 Å². The Kier molecular flexibility index (Phi) is 3.67. The van der Waals surface area contributed by atoms with Gasteiger partial charge < -0.3 is 9.52 Å². The molecule has 0 amide bonds. The molecule has 3 rings (SSSR count). The molecule has 0 fully saturated rings. The monoisotopic (exact) mass is 278 g/mol. The molecule has 0 spiro atoms. The average molecular weight is 278 g/mol. The van der Waals surface area contributed by atoms with E-state index in [4.69, 9.17) is 9.52 Å². The van der Waals surface area contributed by atoms with E-state index in [2.05, 4.69) is 32.0 Å². The fraction of sp³-hybridized carbons (Fsp3) is 0.0667. The van der Waals surface area contributed by atoms with Crippen molar-refractivity contribution >= 4 is 0 Å². The first-order valence-electron chi connectivity index (χ1n) is 6.18. The molecular formula is C15H10N4O2. The van der Waals surface area contributed by atoms with E-state index in [0.29, 0.717) is 17.3 Å². The second-order valence-corrected chi connectivity index (χ2v) is 4.03. The number of aromatic nitrogens is 4. The van der Waals surface area contributed by atoms with Gasteiger partial charge in [0, 0.05) is 5.56 Å². The second kappa shape index (κ2) is 5.94. The first-order chi connectivity index (χ1) is 10.4. The van der Waals surface area contributed by atoms with Crippen LogP contribution in [0.25, 0.3) is 23.0 Å². The first kappa shape index (κ1) is 13.0. The van der Waals surface area contributed by atoms with Crippen LogP contribution < -0.4 is 0 Å². The van der Waals surface area contributed by atoms with Gasteiger partial charge in [-0.2, -0.15) is 0 Å². The van der Waals surface area contributed by atoms with E-state index < -0.39 is 0 Å². The van der Waals surface area contributed by atoms with Gasteiger partial charge in [-0.3, -0.25) is 4.98 Å². The molecule has 1 aromatic carbocycles. The molecular weight excluding hydrogens is 268 g/mol. The lowest BCUT2D eigenvalue weighted by Gasteiger charge is -1.95. The summed E-state index contributed by atoms with van der Waals surface area (Å²) in [4.78, 5) is 8.27. The summed E-state index contributed by atoms with van der Waals surface area (Å²) in [6.07, 6.45) is 3.02. The van der Waals surface area contributed by atoms with E-state index in [9.17, 15) is 0 Å². The van der Waals surface area contributed by atoms with E-state index in [-0.39, 0.29) is 12.5 Å². The number of aliphatic hydroxyl groups is 1. The van der Waals surface area contributed by atoms with Gasteiger partial charge >= 0.3 is 0 Å². The topological polar surface area (TPSA) is 84.9 Å². The summed E-state index contributed by atoms with van der Waals surface area (Å²) in [5.74, 6) is 5.88. The highest BCUT2D eigenvalue weighted by Crippen LogP contribution is 2.21. The highest BCUT2D eigenvalue weighted by atomic mass is 16.4. The van der Waals surface area contributed by atoms with Crippen molar-refractivity contribution in [1.82, 2.24) is 20.2 Å². The Morgan fingerprint density at radius 1 is 1.05 bits per heavy atom. The highest BCUT2D eigenvalue weighted by molar-refractivity contribution is 5.55. The van der Waals surface area contributed by atoms with E-state index in [1.165, 1.54) is 12.4 Å². The van der Waals surface area contributed by atoms with Gasteiger partial charge in [0.05, 0.1) is 12.4 Å². The van der Waals surface area contributed by atoms with E-state index in [1.807, 2.05) is 30.3 Å². The summed E-state index contributed by atoms with van der Waals surface area (Å²) in [7, 11) is 0. The smallest absolute Gasteiger partial charge is 0.268 e. The lowest BCUT2D eigenvalue weighted by molar-refractivity contribution is 0.350. The van der Waals surface area contributed by atoms with Crippen molar-refractivity contribution < 1.29 is 9.52 Å². The molecule has 6 nitrogen and oxygen atoms in total. The van der Waals surface area contributed by atoms with Crippen molar-refractivity contribution in [2.24, 2.45) is 0 Å². The maximum atomic E-state index is 8.68. The Hall–Kier alpha value is -3.04. The number of benzene rings is 1. The third-order valence-corrected chi connectivity index (χ3v) is 2.59. The van der Waals surface area contributed by atoms with Gasteiger partial charge in [0.25, 0.3) is 5.89 Å². The molecule has 0 unspecified atom stereocenters. The van der Waals surface area contributed by atoms with E-state index in [0.717, 1.165) is 5.56 Å². The summed E-state index contributed by atoms with van der Waals surface area (Å²) < 4.78 is 5.59. The molecule has 0 aliphatic rings. The lowest BCUT2D eigenvalue weighted by atomic mass is 10.2. The molecule has 0 aliphatic carbocycles. The van der Waals surface area contributed by atoms with Gasteiger partial charge in [0.15, 0.2) is 0 Å². The van der Waals surface area contributed by atoms with Crippen molar-refractivity contribution in [3.05, 3.63) is 48.4 Å². The van der Waals surface area contributed by atoms with Gasteiger partial charge in [0.1, 0.15) is 18.0 Å². The van der Waals surface area contributed by atoms with Crippen LogP contribution in [0, 0.1) is 11.8 Å². The minimum absolute atomic E-state index is 0.232. The molecule has 102 valence electrons. The number of aliphatic hydroxyl groups excluding tert-OH is 1. The maximum Gasteiger partial charge on any atom is 0.268 e. The second-order valence-electron chi connectivity index (χ2n) is 4.03.